The number of amides is 1. The highest BCUT2D eigenvalue weighted by Crippen LogP contribution is 2.28. The maximum Gasteiger partial charge on any atom is 0.271 e. The molecule has 10 heteroatoms. The second kappa shape index (κ2) is 7.80. The molecule has 0 atom stereocenters. The SMILES string of the molecule is O=C(CCCS(=O)(=O)c1ccccc1)Nc1nc2cc([N+](=O)[O-])ccc2s1. The lowest BCUT2D eigenvalue weighted by molar-refractivity contribution is -0.384. The summed E-state index contributed by atoms with van der Waals surface area (Å²) >= 11 is 1.20. The van der Waals surface area contributed by atoms with E-state index in [0.29, 0.717) is 15.3 Å². The van der Waals surface area contributed by atoms with Gasteiger partial charge in [-0.25, -0.2) is 13.4 Å². The molecule has 0 aliphatic rings. The van der Waals surface area contributed by atoms with Crippen molar-refractivity contribution in [1.82, 2.24) is 4.98 Å². The van der Waals surface area contributed by atoms with Gasteiger partial charge < -0.3 is 5.32 Å². The number of nitro benzene ring substituents is 1. The summed E-state index contributed by atoms with van der Waals surface area (Å²) < 4.78 is 25.1. The van der Waals surface area contributed by atoms with E-state index < -0.39 is 14.8 Å². The summed E-state index contributed by atoms with van der Waals surface area (Å²) in [6.07, 6.45) is 0.210. The van der Waals surface area contributed by atoms with Gasteiger partial charge in [0.25, 0.3) is 5.69 Å². The lowest BCUT2D eigenvalue weighted by atomic mass is 10.3. The molecule has 1 amide bonds. The molecule has 0 aliphatic heterocycles. The van der Waals surface area contributed by atoms with Gasteiger partial charge in [-0.3, -0.25) is 14.9 Å². The fourth-order valence-electron chi connectivity index (χ4n) is 2.43. The van der Waals surface area contributed by atoms with Gasteiger partial charge in [-0.2, -0.15) is 0 Å². The van der Waals surface area contributed by atoms with Crippen molar-refractivity contribution in [3.05, 3.63) is 58.6 Å². The Morgan fingerprint density at radius 3 is 2.63 bits per heavy atom. The van der Waals surface area contributed by atoms with Crippen LogP contribution in [0, 0.1) is 10.1 Å². The van der Waals surface area contributed by atoms with Gasteiger partial charge in [-0.15, -0.1) is 0 Å². The molecule has 140 valence electrons. The van der Waals surface area contributed by atoms with E-state index >= 15 is 0 Å². The minimum absolute atomic E-state index is 0.0299. The zero-order chi connectivity index (χ0) is 19.4. The smallest absolute Gasteiger partial charge is 0.271 e. The van der Waals surface area contributed by atoms with Crippen molar-refractivity contribution in [3.63, 3.8) is 0 Å². The van der Waals surface area contributed by atoms with Crippen molar-refractivity contribution >= 4 is 48.1 Å². The van der Waals surface area contributed by atoms with Gasteiger partial charge in [0, 0.05) is 18.6 Å². The maximum atomic E-state index is 12.2. The number of aromatic nitrogens is 1. The Hall–Kier alpha value is -2.85. The minimum atomic E-state index is -3.42. The van der Waals surface area contributed by atoms with E-state index in [-0.39, 0.29) is 35.1 Å². The van der Waals surface area contributed by atoms with Crippen molar-refractivity contribution in [2.45, 2.75) is 17.7 Å². The van der Waals surface area contributed by atoms with Gasteiger partial charge in [0.1, 0.15) is 0 Å². The fourth-order valence-corrected chi connectivity index (χ4v) is 4.63. The van der Waals surface area contributed by atoms with Crippen LogP contribution in [0.1, 0.15) is 12.8 Å². The summed E-state index contributed by atoms with van der Waals surface area (Å²) in [5.74, 6) is -0.483. The van der Waals surface area contributed by atoms with Crippen LogP contribution in [-0.2, 0) is 14.6 Å². The van der Waals surface area contributed by atoms with Crippen LogP contribution in [0.15, 0.2) is 53.4 Å². The quantitative estimate of drug-likeness (QED) is 0.475. The third-order valence-corrected chi connectivity index (χ3v) is 6.52. The number of anilines is 1. The van der Waals surface area contributed by atoms with E-state index in [0.717, 1.165) is 0 Å². The number of carbonyl (C=O) groups excluding carboxylic acids is 1. The van der Waals surface area contributed by atoms with E-state index in [9.17, 15) is 23.3 Å². The van der Waals surface area contributed by atoms with Gasteiger partial charge in [-0.1, -0.05) is 29.5 Å². The van der Waals surface area contributed by atoms with Crippen LogP contribution >= 0.6 is 11.3 Å². The van der Waals surface area contributed by atoms with Gasteiger partial charge in [0.2, 0.25) is 5.91 Å². The van der Waals surface area contributed by atoms with Crippen LogP contribution in [0.2, 0.25) is 0 Å². The zero-order valence-corrected chi connectivity index (χ0v) is 15.6. The Bertz CT molecular complexity index is 1090. The van der Waals surface area contributed by atoms with Gasteiger partial charge >= 0.3 is 0 Å². The highest BCUT2D eigenvalue weighted by atomic mass is 32.2. The number of benzene rings is 2. The molecule has 27 heavy (non-hydrogen) atoms. The number of carbonyl (C=O) groups is 1. The normalized spacial score (nSPS) is 11.4. The van der Waals surface area contributed by atoms with Crippen molar-refractivity contribution in [3.8, 4) is 0 Å². The molecule has 0 aliphatic carbocycles. The molecule has 0 fully saturated rings. The monoisotopic (exact) mass is 405 g/mol. The third-order valence-electron chi connectivity index (χ3n) is 3.75. The zero-order valence-electron chi connectivity index (χ0n) is 14.0. The van der Waals surface area contributed by atoms with Gasteiger partial charge in [0.15, 0.2) is 15.0 Å². The highest BCUT2D eigenvalue weighted by molar-refractivity contribution is 7.91. The Balaban J connectivity index is 1.58. The van der Waals surface area contributed by atoms with Crippen molar-refractivity contribution in [2.24, 2.45) is 0 Å². The largest absolute Gasteiger partial charge is 0.302 e. The number of nitro groups is 1. The van der Waals surface area contributed by atoms with Crippen LogP contribution in [0.4, 0.5) is 10.8 Å². The van der Waals surface area contributed by atoms with E-state index in [2.05, 4.69) is 10.3 Å². The highest BCUT2D eigenvalue weighted by Gasteiger charge is 2.16. The molecule has 3 aromatic rings. The molecule has 0 saturated heterocycles. The third kappa shape index (κ3) is 4.66. The van der Waals surface area contributed by atoms with Crippen molar-refractivity contribution in [2.75, 3.05) is 11.1 Å². The first kappa shape index (κ1) is 18.9. The molecule has 1 heterocycles. The average Bonchev–Trinajstić information content (AvgIpc) is 3.03. The molecular weight excluding hydrogens is 390 g/mol. The molecule has 3 rings (SSSR count). The predicted molar refractivity (Wildman–Crippen MR) is 103 cm³/mol. The molecule has 1 N–H and O–H groups in total. The van der Waals surface area contributed by atoms with Crippen molar-refractivity contribution in [1.29, 1.82) is 0 Å². The van der Waals surface area contributed by atoms with E-state index in [4.69, 9.17) is 0 Å². The van der Waals surface area contributed by atoms with Crippen LogP contribution in [0.5, 0.6) is 0 Å². The number of non-ortho nitro benzene ring substituents is 1. The standard InChI is InChI=1S/C17H15N3O5S2/c21-16(7-4-10-27(24,25)13-5-2-1-3-6-13)19-17-18-14-11-12(20(22)23)8-9-15(14)26-17/h1-3,5-6,8-9,11H,4,7,10H2,(H,18,19,21). The number of fused-ring (bicyclic) bond motifs is 1. The van der Waals surface area contributed by atoms with Crippen LogP contribution in [-0.4, -0.2) is 30.0 Å². The molecule has 0 bridgehead atoms. The number of rotatable bonds is 7. The summed E-state index contributed by atoms with van der Waals surface area (Å²) in [4.78, 5) is 26.7. The number of sulfone groups is 1. The predicted octanol–water partition coefficient (Wildman–Crippen LogP) is 3.40. The lowest BCUT2D eigenvalue weighted by Crippen LogP contribution is -2.14. The van der Waals surface area contributed by atoms with Crippen molar-refractivity contribution < 1.29 is 18.1 Å². The first-order valence-corrected chi connectivity index (χ1v) is 10.4. The maximum absolute atomic E-state index is 12.2. The molecule has 8 nitrogen and oxygen atoms in total. The Kier molecular flexibility index (Phi) is 5.47. The summed E-state index contributed by atoms with van der Waals surface area (Å²) in [5.41, 5.74) is 0.355. The number of thiazole rings is 1. The number of hydrogen-bond donors (Lipinski definition) is 1. The topological polar surface area (TPSA) is 119 Å². The second-order valence-corrected chi connectivity index (χ2v) is 8.85. The first-order chi connectivity index (χ1) is 12.8. The van der Waals surface area contributed by atoms with Gasteiger partial charge in [-0.05, 0) is 24.6 Å². The molecule has 0 radical (unpaired) electrons. The average molecular weight is 405 g/mol. The number of nitrogens with one attached hydrogen (secondary N) is 1. The molecule has 1 aromatic heterocycles. The summed E-state index contributed by atoms with van der Waals surface area (Å²) in [7, 11) is -3.42. The molecule has 0 unspecified atom stereocenters. The van der Waals surface area contributed by atoms with E-state index in [1.807, 2.05) is 0 Å². The Morgan fingerprint density at radius 1 is 1.19 bits per heavy atom. The van der Waals surface area contributed by atoms with Crippen LogP contribution in [0.25, 0.3) is 10.2 Å². The summed E-state index contributed by atoms with van der Waals surface area (Å²) in [6.45, 7) is 0. The number of nitrogens with zero attached hydrogens (tertiary/aromatic N) is 2. The van der Waals surface area contributed by atoms with E-state index in [1.165, 1.54) is 35.6 Å². The number of hydrogen-bond acceptors (Lipinski definition) is 7. The Labute approximate surface area is 158 Å². The molecule has 0 saturated carbocycles. The summed E-state index contributed by atoms with van der Waals surface area (Å²) in [6, 6.07) is 12.4. The van der Waals surface area contributed by atoms with Crippen LogP contribution < -0.4 is 5.32 Å². The Morgan fingerprint density at radius 2 is 1.93 bits per heavy atom. The van der Waals surface area contributed by atoms with Gasteiger partial charge in [0.05, 0.1) is 25.8 Å². The molecule has 2 aromatic carbocycles. The molecular formula is C17H15N3O5S2. The fraction of sp³-hybridized carbons (Fsp3) is 0.176. The van der Waals surface area contributed by atoms with E-state index in [1.54, 1.807) is 24.3 Å². The lowest BCUT2D eigenvalue weighted by Gasteiger charge is -2.04. The summed E-state index contributed by atoms with van der Waals surface area (Å²) in [5, 5.41) is 13.7. The first-order valence-electron chi connectivity index (χ1n) is 7.98. The van der Waals surface area contributed by atoms with Crippen LogP contribution in [0.3, 0.4) is 0 Å². The second-order valence-electron chi connectivity index (χ2n) is 5.71. The molecule has 0 spiro atoms. The minimum Gasteiger partial charge on any atom is -0.302 e.